The molecule has 0 bridgehead atoms. The van der Waals surface area contributed by atoms with Crippen molar-refractivity contribution in [3.8, 4) is 0 Å². The number of hydrogen-bond acceptors (Lipinski definition) is 3. The predicted molar refractivity (Wildman–Crippen MR) is 57.7 cm³/mol. The van der Waals surface area contributed by atoms with Crippen LogP contribution in [0.3, 0.4) is 0 Å². The fraction of sp³-hybridized carbons (Fsp3) is 0.125. The molecule has 12 heavy (non-hydrogen) atoms. The van der Waals surface area contributed by atoms with Crippen molar-refractivity contribution < 1.29 is 0 Å². The summed E-state index contributed by atoms with van der Waals surface area (Å²) >= 11 is 5.15. The molecular weight excluding hydrogens is 236 g/mol. The summed E-state index contributed by atoms with van der Waals surface area (Å²) in [4.78, 5) is 1.21. The SMILES string of the molecule is CSc1ccc(C=NN)cc1Br. The Balaban J connectivity index is 3.01. The fourth-order valence-electron chi connectivity index (χ4n) is 0.849. The van der Waals surface area contributed by atoms with Crippen LogP contribution in [-0.2, 0) is 0 Å². The molecule has 0 radical (unpaired) electrons. The minimum absolute atomic E-state index is 1.00. The third-order valence-corrected chi connectivity index (χ3v) is 3.11. The highest BCUT2D eigenvalue weighted by Gasteiger charge is 1.97. The normalized spacial score (nSPS) is 10.8. The molecule has 0 amide bonds. The zero-order chi connectivity index (χ0) is 8.97. The molecule has 1 aromatic carbocycles. The third kappa shape index (κ3) is 2.25. The van der Waals surface area contributed by atoms with Crippen molar-refractivity contribution in [1.29, 1.82) is 0 Å². The molecule has 0 aliphatic carbocycles. The second kappa shape index (κ2) is 4.52. The first-order chi connectivity index (χ1) is 5.77. The van der Waals surface area contributed by atoms with E-state index in [4.69, 9.17) is 5.84 Å². The van der Waals surface area contributed by atoms with E-state index in [9.17, 15) is 0 Å². The Morgan fingerprint density at radius 1 is 1.58 bits per heavy atom. The monoisotopic (exact) mass is 244 g/mol. The number of hydrogen-bond donors (Lipinski definition) is 1. The summed E-state index contributed by atoms with van der Waals surface area (Å²) in [6, 6.07) is 6.00. The number of benzene rings is 1. The maximum atomic E-state index is 5.03. The van der Waals surface area contributed by atoms with Gasteiger partial charge in [-0.25, -0.2) is 0 Å². The molecule has 0 aliphatic rings. The Hall–Kier alpha value is -0.480. The van der Waals surface area contributed by atoms with Crippen LogP contribution in [0.15, 0.2) is 32.7 Å². The van der Waals surface area contributed by atoms with Gasteiger partial charge < -0.3 is 5.84 Å². The van der Waals surface area contributed by atoms with Gasteiger partial charge in [0.25, 0.3) is 0 Å². The fourth-order valence-corrected chi connectivity index (χ4v) is 2.19. The smallest absolute Gasteiger partial charge is 0.0538 e. The lowest BCUT2D eigenvalue weighted by atomic mass is 10.2. The van der Waals surface area contributed by atoms with Crippen LogP contribution in [0.25, 0.3) is 0 Å². The van der Waals surface area contributed by atoms with Gasteiger partial charge in [0.1, 0.15) is 0 Å². The summed E-state index contributed by atoms with van der Waals surface area (Å²) in [5.41, 5.74) is 1.00. The van der Waals surface area contributed by atoms with Gasteiger partial charge in [0, 0.05) is 9.37 Å². The number of halogens is 1. The Labute approximate surface area is 84.4 Å². The van der Waals surface area contributed by atoms with Crippen molar-refractivity contribution in [3.05, 3.63) is 28.2 Å². The van der Waals surface area contributed by atoms with Crippen LogP contribution in [-0.4, -0.2) is 12.5 Å². The van der Waals surface area contributed by atoms with E-state index in [-0.39, 0.29) is 0 Å². The lowest BCUT2D eigenvalue weighted by molar-refractivity contribution is 1.26. The molecule has 0 heterocycles. The Morgan fingerprint density at radius 3 is 2.83 bits per heavy atom. The maximum Gasteiger partial charge on any atom is 0.0538 e. The van der Waals surface area contributed by atoms with E-state index in [0.717, 1.165) is 10.0 Å². The topological polar surface area (TPSA) is 38.4 Å². The number of nitrogens with two attached hydrogens (primary N) is 1. The first kappa shape index (κ1) is 9.61. The molecule has 1 aromatic rings. The highest BCUT2D eigenvalue weighted by Crippen LogP contribution is 2.25. The molecule has 1 rings (SSSR count). The molecule has 0 saturated heterocycles. The lowest BCUT2D eigenvalue weighted by Gasteiger charge is -2.00. The zero-order valence-corrected chi connectivity index (χ0v) is 9.02. The van der Waals surface area contributed by atoms with Gasteiger partial charge in [-0.15, -0.1) is 11.8 Å². The van der Waals surface area contributed by atoms with Crippen molar-refractivity contribution >= 4 is 33.9 Å². The summed E-state index contributed by atoms with van der Waals surface area (Å²) in [5.74, 6) is 5.03. The Bertz CT molecular complexity index is 299. The Morgan fingerprint density at radius 2 is 2.33 bits per heavy atom. The summed E-state index contributed by atoms with van der Waals surface area (Å²) in [5, 5.41) is 3.45. The van der Waals surface area contributed by atoms with Crippen molar-refractivity contribution in [2.45, 2.75) is 4.90 Å². The quantitative estimate of drug-likeness (QED) is 0.376. The van der Waals surface area contributed by atoms with E-state index in [2.05, 4.69) is 21.0 Å². The number of rotatable bonds is 2. The van der Waals surface area contributed by atoms with Gasteiger partial charge in [-0.3, -0.25) is 0 Å². The maximum absolute atomic E-state index is 5.03. The summed E-state index contributed by atoms with van der Waals surface area (Å²) in [7, 11) is 0. The van der Waals surface area contributed by atoms with E-state index in [0.29, 0.717) is 0 Å². The van der Waals surface area contributed by atoms with Crippen molar-refractivity contribution in [2.24, 2.45) is 10.9 Å². The van der Waals surface area contributed by atoms with E-state index < -0.39 is 0 Å². The second-order valence-electron chi connectivity index (χ2n) is 2.17. The predicted octanol–water partition coefficient (Wildman–Crippen LogP) is 2.46. The van der Waals surface area contributed by atoms with Crippen LogP contribution in [0.1, 0.15) is 5.56 Å². The van der Waals surface area contributed by atoms with Gasteiger partial charge in [-0.2, -0.15) is 5.10 Å². The minimum Gasteiger partial charge on any atom is -0.323 e. The number of nitrogens with zero attached hydrogens (tertiary/aromatic N) is 1. The van der Waals surface area contributed by atoms with Crippen LogP contribution in [0, 0.1) is 0 Å². The first-order valence-electron chi connectivity index (χ1n) is 3.34. The zero-order valence-electron chi connectivity index (χ0n) is 6.62. The van der Waals surface area contributed by atoms with E-state index in [1.165, 1.54) is 4.90 Å². The van der Waals surface area contributed by atoms with Gasteiger partial charge >= 0.3 is 0 Å². The van der Waals surface area contributed by atoms with Gasteiger partial charge in [0.15, 0.2) is 0 Å². The van der Waals surface area contributed by atoms with Crippen molar-refractivity contribution in [3.63, 3.8) is 0 Å². The average Bonchev–Trinajstić information content (AvgIpc) is 2.05. The lowest BCUT2D eigenvalue weighted by Crippen LogP contribution is -1.86. The largest absolute Gasteiger partial charge is 0.323 e. The molecule has 0 fully saturated rings. The molecule has 0 spiro atoms. The van der Waals surface area contributed by atoms with Gasteiger partial charge in [0.05, 0.1) is 6.21 Å². The molecule has 64 valence electrons. The molecule has 2 nitrogen and oxygen atoms in total. The standard InChI is InChI=1S/C8H9BrN2S/c1-12-8-3-2-6(5-11-10)4-7(8)9/h2-5H,10H2,1H3. The minimum atomic E-state index is 1.00. The number of hydrazone groups is 1. The highest BCUT2D eigenvalue weighted by molar-refractivity contribution is 9.10. The van der Waals surface area contributed by atoms with Crippen LogP contribution < -0.4 is 5.84 Å². The molecule has 0 saturated carbocycles. The number of thioether (sulfide) groups is 1. The van der Waals surface area contributed by atoms with Crippen molar-refractivity contribution in [2.75, 3.05) is 6.26 Å². The highest BCUT2D eigenvalue weighted by atomic mass is 79.9. The molecule has 0 unspecified atom stereocenters. The van der Waals surface area contributed by atoms with Crippen LogP contribution in [0.4, 0.5) is 0 Å². The second-order valence-corrected chi connectivity index (χ2v) is 3.87. The molecule has 2 N–H and O–H groups in total. The van der Waals surface area contributed by atoms with Gasteiger partial charge in [-0.1, -0.05) is 6.07 Å². The molecule has 4 heteroatoms. The van der Waals surface area contributed by atoms with Gasteiger partial charge in [0.2, 0.25) is 0 Å². The van der Waals surface area contributed by atoms with Crippen molar-refractivity contribution in [1.82, 2.24) is 0 Å². The van der Waals surface area contributed by atoms with E-state index in [1.54, 1.807) is 18.0 Å². The Kier molecular flexibility index (Phi) is 3.62. The summed E-state index contributed by atoms with van der Waals surface area (Å²) in [6.07, 6.45) is 3.66. The average molecular weight is 245 g/mol. The third-order valence-electron chi connectivity index (χ3n) is 1.40. The van der Waals surface area contributed by atoms with Crippen LogP contribution >= 0.6 is 27.7 Å². The van der Waals surface area contributed by atoms with Crippen LogP contribution in [0.5, 0.6) is 0 Å². The molecule has 0 atom stereocenters. The van der Waals surface area contributed by atoms with Gasteiger partial charge in [-0.05, 0) is 39.9 Å². The molecule has 0 aromatic heterocycles. The van der Waals surface area contributed by atoms with E-state index in [1.807, 2.05) is 24.5 Å². The summed E-state index contributed by atoms with van der Waals surface area (Å²) in [6.45, 7) is 0. The molecular formula is C8H9BrN2S. The summed E-state index contributed by atoms with van der Waals surface area (Å²) < 4.78 is 1.08. The molecule has 0 aliphatic heterocycles. The first-order valence-corrected chi connectivity index (χ1v) is 5.36. The van der Waals surface area contributed by atoms with Crippen LogP contribution in [0.2, 0.25) is 0 Å². The van der Waals surface area contributed by atoms with E-state index >= 15 is 0 Å².